The summed E-state index contributed by atoms with van der Waals surface area (Å²) in [5.74, 6) is -0.172. The minimum Gasteiger partial charge on any atom is -0.492 e. The summed E-state index contributed by atoms with van der Waals surface area (Å²) in [4.78, 5) is 21.2. The second kappa shape index (κ2) is 7.91. The van der Waals surface area contributed by atoms with Gasteiger partial charge in [-0.05, 0) is 18.6 Å². The minimum atomic E-state index is -0.507. The normalized spacial score (nSPS) is 17.8. The van der Waals surface area contributed by atoms with Crippen LogP contribution in [-0.4, -0.2) is 45.8 Å². The van der Waals surface area contributed by atoms with Crippen LogP contribution in [0.2, 0.25) is 0 Å². The molecule has 0 saturated heterocycles. The molecular formula is C24H21FN6O3. The number of benzene rings is 1. The number of carbonyl (C=O) groups is 1. The first-order valence-electron chi connectivity index (χ1n) is 10.9. The predicted molar refractivity (Wildman–Crippen MR) is 123 cm³/mol. The lowest BCUT2D eigenvalue weighted by atomic mass is 9.93. The van der Waals surface area contributed by atoms with E-state index in [0.717, 1.165) is 5.69 Å². The minimum absolute atomic E-state index is 0.0237. The van der Waals surface area contributed by atoms with Crippen molar-refractivity contribution in [2.45, 2.75) is 12.3 Å². The van der Waals surface area contributed by atoms with E-state index in [9.17, 15) is 9.18 Å². The molecule has 1 atom stereocenters. The first-order valence-corrected chi connectivity index (χ1v) is 10.9. The number of halogens is 1. The second-order valence-corrected chi connectivity index (χ2v) is 8.13. The first-order chi connectivity index (χ1) is 16.6. The molecule has 6 rings (SSSR count). The largest absolute Gasteiger partial charge is 0.492 e. The average molecular weight is 460 g/mol. The molecule has 9 nitrogen and oxygen atoms in total. The quantitative estimate of drug-likeness (QED) is 0.402. The number of nitrogens with zero attached hydrogens (tertiary/aromatic N) is 3. The van der Waals surface area contributed by atoms with Crippen molar-refractivity contribution in [1.82, 2.24) is 24.9 Å². The van der Waals surface area contributed by atoms with Crippen LogP contribution in [0.5, 0.6) is 11.6 Å². The number of aromatic amines is 1. The summed E-state index contributed by atoms with van der Waals surface area (Å²) in [6, 6.07) is 6.35. The number of anilines is 2. The smallest absolute Gasteiger partial charge is 0.255 e. The fourth-order valence-electron chi connectivity index (χ4n) is 4.52. The van der Waals surface area contributed by atoms with Gasteiger partial charge in [-0.3, -0.25) is 4.79 Å². The number of amides is 1. The molecule has 4 aromatic rings. The fourth-order valence-corrected chi connectivity index (χ4v) is 4.52. The highest BCUT2D eigenvalue weighted by Gasteiger charge is 2.33. The molecule has 2 aliphatic rings. The molecule has 5 heterocycles. The van der Waals surface area contributed by atoms with E-state index in [-0.39, 0.29) is 17.6 Å². The molecule has 4 bridgehead atoms. The van der Waals surface area contributed by atoms with Crippen molar-refractivity contribution in [3.05, 3.63) is 65.9 Å². The number of carbonyl (C=O) groups excluding carboxylic acids is 1. The topological polar surface area (TPSA) is 106 Å². The van der Waals surface area contributed by atoms with Crippen LogP contribution in [0.1, 0.15) is 28.4 Å². The van der Waals surface area contributed by atoms with Gasteiger partial charge in [-0.25, -0.2) is 8.91 Å². The molecule has 0 radical (unpaired) electrons. The summed E-state index contributed by atoms with van der Waals surface area (Å²) < 4.78 is 27.2. The molecule has 1 unspecified atom stereocenters. The van der Waals surface area contributed by atoms with E-state index < -0.39 is 5.82 Å². The number of hydrogen-bond acceptors (Lipinski definition) is 6. The van der Waals surface area contributed by atoms with Gasteiger partial charge in [0.1, 0.15) is 6.61 Å². The van der Waals surface area contributed by atoms with E-state index in [1.54, 1.807) is 35.1 Å². The number of para-hydroxylation sites is 1. The molecule has 3 aromatic heterocycles. The van der Waals surface area contributed by atoms with Crippen LogP contribution in [0.25, 0.3) is 16.9 Å². The van der Waals surface area contributed by atoms with E-state index in [0.29, 0.717) is 59.3 Å². The Kier molecular flexibility index (Phi) is 4.72. The zero-order chi connectivity index (χ0) is 23.2. The van der Waals surface area contributed by atoms with Gasteiger partial charge in [-0.2, -0.15) is 10.1 Å². The number of H-pyrrole nitrogens is 1. The molecule has 2 aliphatic heterocycles. The van der Waals surface area contributed by atoms with Crippen LogP contribution in [0.4, 0.5) is 15.8 Å². The Morgan fingerprint density at radius 3 is 3.09 bits per heavy atom. The molecule has 0 aliphatic carbocycles. The number of fused-ring (bicyclic) bond motifs is 3. The maximum Gasteiger partial charge on any atom is 0.255 e. The summed E-state index contributed by atoms with van der Waals surface area (Å²) in [5.41, 5.74) is 4.05. The van der Waals surface area contributed by atoms with Gasteiger partial charge in [0.15, 0.2) is 17.2 Å². The van der Waals surface area contributed by atoms with Gasteiger partial charge in [0, 0.05) is 30.4 Å². The number of nitrogens with one attached hydrogen (secondary N) is 3. The number of hydrogen-bond donors (Lipinski definition) is 3. The van der Waals surface area contributed by atoms with Crippen LogP contribution >= 0.6 is 0 Å². The van der Waals surface area contributed by atoms with Crippen LogP contribution < -0.4 is 20.1 Å². The highest BCUT2D eigenvalue weighted by Crippen LogP contribution is 2.43. The molecule has 34 heavy (non-hydrogen) atoms. The van der Waals surface area contributed by atoms with Crippen LogP contribution in [0.15, 0.2) is 48.8 Å². The Hall–Kier alpha value is -4.34. The van der Waals surface area contributed by atoms with E-state index >= 15 is 0 Å². The van der Waals surface area contributed by atoms with Crippen molar-refractivity contribution >= 4 is 22.9 Å². The molecule has 0 spiro atoms. The highest BCUT2D eigenvalue weighted by molar-refractivity contribution is 6.07. The zero-order valence-electron chi connectivity index (χ0n) is 18.3. The maximum absolute atomic E-state index is 14.4. The number of allylic oxidation sites excluding steroid dienone is 1. The van der Waals surface area contributed by atoms with Crippen molar-refractivity contribution in [2.75, 3.05) is 25.6 Å². The van der Waals surface area contributed by atoms with E-state index in [2.05, 4.69) is 25.7 Å². The van der Waals surface area contributed by atoms with E-state index in [1.807, 2.05) is 12.2 Å². The Morgan fingerprint density at radius 1 is 1.29 bits per heavy atom. The Bertz CT molecular complexity index is 1460. The van der Waals surface area contributed by atoms with Gasteiger partial charge in [-0.1, -0.05) is 18.2 Å². The lowest BCUT2D eigenvalue weighted by Crippen LogP contribution is -2.34. The first kappa shape index (κ1) is 20.3. The van der Waals surface area contributed by atoms with Crippen molar-refractivity contribution in [2.24, 2.45) is 0 Å². The number of ether oxygens (including phenoxy) is 2. The summed E-state index contributed by atoms with van der Waals surface area (Å²) >= 11 is 0. The van der Waals surface area contributed by atoms with Gasteiger partial charge in [0.2, 0.25) is 5.88 Å². The van der Waals surface area contributed by atoms with Crippen molar-refractivity contribution in [1.29, 1.82) is 0 Å². The second-order valence-electron chi connectivity index (χ2n) is 8.13. The van der Waals surface area contributed by atoms with E-state index in [4.69, 9.17) is 9.47 Å². The Labute approximate surface area is 193 Å². The third kappa shape index (κ3) is 3.18. The third-order valence-electron chi connectivity index (χ3n) is 6.13. The summed E-state index contributed by atoms with van der Waals surface area (Å²) in [5, 5.41) is 10.7. The summed E-state index contributed by atoms with van der Waals surface area (Å²) in [6.07, 6.45) is 8.13. The molecule has 1 aromatic carbocycles. The van der Waals surface area contributed by atoms with Crippen molar-refractivity contribution in [3.63, 3.8) is 0 Å². The summed E-state index contributed by atoms with van der Waals surface area (Å²) in [6.45, 7) is 0.884. The number of aromatic nitrogens is 4. The number of rotatable bonds is 3. The molecule has 1 amide bonds. The molecule has 0 fully saturated rings. The van der Waals surface area contributed by atoms with Gasteiger partial charge in [0.25, 0.3) is 5.91 Å². The summed E-state index contributed by atoms with van der Waals surface area (Å²) in [7, 11) is 1.40. The predicted octanol–water partition coefficient (Wildman–Crippen LogP) is 3.78. The third-order valence-corrected chi connectivity index (χ3v) is 6.13. The molecular weight excluding hydrogens is 439 g/mol. The molecule has 3 N–H and O–H groups in total. The standard InChI is InChI=1S/C24H21FN6O3/c1-33-22-15(25)6-4-7-16(22)28-21-18-19-13(11-26-24(18)32)5-2-3-10-34-17-8-9-31-23(29-17)14(12-27-31)20(21)30-19/h2-4,6-9,12-13,28,30H,5,10-11H2,1H3,(H,26,32)/b3-2-. The van der Waals surface area contributed by atoms with Crippen molar-refractivity contribution < 1.29 is 18.7 Å². The van der Waals surface area contributed by atoms with Gasteiger partial charge in [0.05, 0.1) is 41.5 Å². The molecule has 0 saturated carbocycles. The number of methoxy groups -OCH3 is 1. The average Bonchev–Trinajstić information content (AvgIpc) is 3.42. The fraction of sp³-hybridized carbons (Fsp3) is 0.208. The SMILES string of the molecule is COc1c(F)cccc1Nc1c2[nH]c3c1C(=O)NCC3C/C=C\COc1ccn3ncc-2c3n1. The van der Waals surface area contributed by atoms with Gasteiger partial charge in [-0.15, -0.1) is 0 Å². The zero-order valence-corrected chi connectivity index (χ0v) is 18.3. The maximum atomic E-state index is 14.4. The van der Waals surface area contributed by atoms with Crippen LogP contribution in [-0.2, 0) is 0 Å². The Balaban J connectivity index is 1.62. The highest BCUT2D eigenvalue weighted by atomic mass is 19.1. The van der Waals surface area contributed by atoms with Crippen LogP contribution in [0, 0.1) is 5.82 Å². The molecule has 172 valence electrons. The van der Waals surface area contributed by atoms with Gasteiger partial charge >= 0.3 is 0 Å². The Morgan fingerprint density at radius 2 is 2.21 bits per heavy atom. The van der Waals surface area contributed by atoms with Crippen molar-refractivity contribution in [3.8, 4) is 22.9 Å². The monoisotopic (exact) mass is 460 g/mol. The van der Waals surface area contributed by atoms with Gasteiger partial charge < -0.3 is 25.1 Å². The van der Waals surface area contributed by atoms with Crippen LogP contribution in [0.3, 0.4) is 0 Å². The lowest BCUT2D eigenvalue weighted by Gasteiger charge is -2.23. The lowest BCUT2D eigenvalue weighted by molar-refractivity contribution is 0.0941. The van der Waals surface area contributed by atoms with E-state index in [1.165, 1.54) is 13.2 Å². The molecule has 10 heteroatoms.